The molecule has 0 amide bonds. The average Bonchev–Trinajstić information content (AvgIpc) is 2.73. The molecule has 2 aromatic rings. The van der Waals surface area contributed by atoms with Crippen LogP contribution < -0.4 is 0 Å². The zero-order chi connectivity index (χ0) is 12.3. The average molecular weight is 247 g/mol. The van der Waals surface area contributed by atoms with Crippen molar-refractivity contribution in [2.45, 2.75) is 33.1 Å². The third-order valence-corrected chi connectivity index (χ3v) is 3.18. The molecule has 0 aliphatic rings. The zero-order valence-electron chi connectivity index (χ0n) is 10.2. The van der Waals surface area contributed by atoms with Crippen LogP contribution in [0.1, 0.15) is 30.9 Å². The number of rotatable bonds is 4. The summed E-state index contributed by atoms with van der Waals surface area (Å²) in [4.78, 5) is 0. The first-order valence-corrected chi connectivity index (χ1v) is 6.35. The number of aryl methyl sites for hydroxylation is 2. The first kappa shape index (κ1) is 12.0. The Bertz CT molecular complexity index is 554. The van der Waals surface area contributed by atoms with Crippen molar-refractivity contribution in [1.82, 2.24) is 14.8 Å². The highest BCUT2D eigenvalue weighted by Crippen LogP contribution is 2.17. The van der Waals surface area contributed by atoms with Gasteiger partial charge in [0.25, 0.3) is 0 Å². The van der Waals surface area contributed by atoms with Gasteiger partial charge in [0.2, 0.25) is 0 Å². The number of benzene rings is 1. The lowest BCUT2D eigenvalue weighted by atomic mass is 10.0. The molecule has 0 unspecified atom stereocenters. The number of nitrogens with zero attached hydrogens (tertiary/aromatic N) is 2. The lowest BCUT2D eigenvalue weighted by Gasteiger charge is -2.08. The van der Waals surface area contributed by atoms with Crippen molar-refractivity contribution in [2.75, 3.05) is 0 Å². The van der Waals surface area contributed by atoms with Gasteiger partial charge in [0, 0.05) is 0 Å². The highest BCUT2D eigenvalue weighted by Gasteiger charge is 2.03. The van der Waals surface area contributed by atoms with E-state index in [2.05, 4.69) is 42.2 Å². The van der Waals surface area contributed by atoms with Crippen molar-refractivity contribution in [3.63, 3.8) is 0 Å². The molecule has 3 nitrogen and oxygen atoms in total. The van der Waals surface area contributed by atoms with Gasteiger partial charge < -0.3 is 0 Å². The Labute approximate surface area is 106 Å². The third kappa shape index (κ3) is 2.64. The zero-order valence-corrected chi connectivity index (χ0v) is 11.0. The molecule has 17 heavy (non-hydrogen) atoms. The van der Waals surface area contributed by atoms with Gasteiger partial charge in [-0.1, -0.05) is 25.5 Å². The molecule has 0 radical (unpaired) electrons. The Hall–Kier alpha value is -1.42. The van der Waals surface area contributed by atoms with E-state index in [-0.39, 0.29) is 0 Å². The Kier molecular flexibility index (Phi) is 3.74. The van der Waals surface area contributed by atoms with E-state index < -0.39 is 0 Å². The van der Waals surface area contributed by atoms with Crippen LogP contribution in [-0.4, -0.2) is 14.8 Å². The van der Waals surface area contributed by atoms with Gasteiger partial charge in [-0.2, -0.15) is 5.10 Å². The Morgan fingerprint density at radius 2 is 2.24 bits per heavy atom. The van der Waals surface area contributed by atoms with Gasteiger partial charge in [0.15, 0.2) is 4.77 Å². The summed E-state index contributed by atoms with van der Waals surface area (Å²) < 4.78 is 2.53. The number of aromatic nitrogens is 3. The predicted molar refractivity (Wildman–Crippen MR) is 72.1 cm³/mol. The van der Waals surface area contributed by atoms with E-state index >= 15 is 0 Å². The Balaban J connectivity index is 2.32. The van der Waals surface area contributed by atoms with Gasteiger partial charge in [-0.25, -0.2) is 0 Å². The molecule has 1 N–H and O–H groups in total. The lowest BCUT2D eigenvalue weighted by molar-refractivity contribution is 0.794. The monoisotopic (exact) mass is 247 g/mol. The fourth-order valence-electron chi connectivity index (χ4n) is 1.94. The summed E-state index contributed by atoms with van der Waals surface area (Å²) in [5.74, 6) is 0. The molecule has 0 saturated carbocycles. The number of H-pyrrole nitrogens is 1. The smallest absolute Gasteiger partial charge is 0.199 e. The summed E-state index contributed by atoms with van der Waals surface area (Å²) in [5, 5.41) is 6.72. The lowest BCUT2D eigenvalue weighted by Crippen LogP contribution is -1.97. The number of aromatic amines is 1. The van der Waals surface area contributed by atoms with Crippen LogP contribution in [0, 0.1) is 11.7 Å². The predicted octanol–water partition coefficient (Wildman–Crippen LogP) is 3.58. The molecule has 0 atom stereocenters. The fraction of sp³-hybridized carbons (Fsp3) is 0.385. The van der Waals surface area contributed by atoms with Crippen LogP contribution >= 0.6 is 12.2 Å². The fourth-order valence-corrected chi connectivity index (χ4v) is 2.14. The van der Waals surface area contributed by atoms with Crippen LogP contribution in [0.5, 0.6) is 0 Å². The summed E-state index contributed by atoms with van der Waals surface area (Å²) in [7, 11) is 0. The maximum atomic E-state index is 5.17. The van der Waals surface area contributed by atoms with Gasteiger partial charge in [-0.3, -0.25) is 9.67 Å². The van der Waals surface area contributed by atoms with Crippen molar-refractivity contribution in [3.05, 3.63) is 40.4 Å². The summed E-state index contributed by atoms with van der Waals surface area (Å²) in [6, 6.07) is 6.53. The highest BCUT2D eigenvalue weighted by molar-refractivity contribution is 7.71. The quantitative estimate of drug-likeness (QED) is 0.838. The molecule has 0 saturated heterocycles. The first-order valence-electron chi connectivity index (χ1n) is 5.94. The van der Waals surface area contributed by atoms with Crippen LogP contribution in [0.25, 0.3) is 5.69 Å². The molecule has 90 valence electrons. The molecule has 1 aromatic carbocycles. The summed E-state index contributed by atoms with van der Waals surface area (Å²) in [5.41, 5.74) is 3.73. The summed E-state index contributed by atoms with van der Waals surface area (Å²) in [6.45, 7) is 4.32. The molecule has 4 heteroatoms. The van der Waals surface area contributed by atoms with Gasteiger partial charge >= 0.3 is 0 Å². The Morgan fingerprint density at radius 3 is 2.82 bits per heavy atom. The molecule has 0 bridgehead atoms. The van der Waals surface area contributed by atoms with E-state index in [9.17, 15) is 0 Å². The van der Waals surface area contributed by atoms with E-state index in [1.807, 2.05) is 4.57 Å². The van der Waals surface area contributed by atoms with Crippen molar-refractivity contribution < 1.29 is 0 Å². The van der Waals surface area contributed by atoms with E-state index in [4.69, 9.17) is 12.2 Å². The Morgan fingerprint density at radius 1 is 1.41 bits per heavy atom. The van der Waals surface area contributed by atoms with Crippen LogP contribution in [-0.2, 0) is 6.42 Å². The topological polar surface area (TPSA) is 33.6 Å². The second kappa shape index (κ2) is 5.27. The standard InChI is InChI=1S/C13H17N3S/c1-3-4-5-11-6-7-12(10(2)8-11)16-9-14-15-13(16)17/h6-9H,3-5H2,1-2H3,(H,15,17). The van der Waals surface area contributed by atoms with Gasteiger partial charge in [-0.15, -0.1) is 0 Å². The van der Waals surface area contributed by atoms with E-state index in [1.54, 1.807) is 6.33 Å². The van der Waals surface area contributed by atoms with Crippen LogP contribution in [0.15, 0.2) is 24.5 Å². The SMILES string of the molecule is CCCCc1ccc(-n2cn[nH]c2=S)c(C)c1. The number of hydrogen-bond donors (Lipinski definition) is 1. The summed E-state index contributed by atoms with van der Waals surface area (Å²) >= 11 is 5.17. The van der Waals surface area contributed by atoms with Crippen molar-refractivity contribution in [2.24, 2.45) is 0 Å². The van der Waals surface area contributed by atoms with Gasteiger partial charge in [0.1, 0.15) is 6.33 Å². The van der Waals surface area contributed by atoms with Crippen LogP contribution in [0.3, 0.4) is 0 Å². The second-order valence-corrected chi connectivity index (χ2v) is 4.64. The molecule has 2 rings (SSSR count). The minimum absolute atomic E-state index is 0.634. The van der Waals surface area contributed by atoms with Crippen molar-refractivity contribution in [3.8, 4) is 5.69 Å². The molecular formula is C13H17N3S. The largest absolute Gasteiger partial charge is 0.274 e. The third-order valence-electron chi connectivity index (χ3n) is 2.89. The number of nitrogens with one attached hydrogen (secondary N) is 1. The number of hydrogen-bond acceptors (Lipinski definition) is 2. The molecule has 0 spiro atoms. The van der Waals surface area contributed by atoms with Crippen LogP contribution in [0.2, 0.25) is 0 Å². The van der Waals surface area contributed by atoms with E-state index in [0.717, 1.165) is 12.1 Å². The molecule has 0 fully saturated rings. The molecule has 0 aliphatic carbocycles. The van der Waals surface area contributed by atoms with E-state index in [0.29, 0.717) is 4.77 Å². The van der Waals surface area contributed by atoms with Gasteiger partial charge in [0.05, 0.1) is 5.69 Å². The van der Waals surface area contributed by atoms with E-state index in [1.165, 1.54) is 24.0 Å². The highest BCUT2D eigenvalue weighted by atomic mass is 32.1. The van der Waals surface area contributed by atoms with Crippen molar-refractivity contribution in [1.29, 1.82) is 0 Å². The maximum Gasteiger partial charge on any atom is 0.199 e. The van der Waals surface area contributed by atoms with Crippen LogP contribution in [0.4, 0.5) is 0 Å². The van der Waals surface area contributed by atoms with Crippen molar-refractivity contribution >= 4 is 12.2 Å². The normalized spacial score (nSPS) is 10.7. The minimum Gasteiger partial charge on any atom is -0.274 e. The maximum absolute atomic E-state index is 5.17. The molecule has 1 heterocycles. The molecule has 1 aromatic heterocycles. The first-order chi connectivity index (χ1) is 8.22. The molecule has 0 aliphatic heterocycles. The molecular weight excluding hydrogens is 230 g/mol. The summed E-state index contributed by atoms with van der Waals surface area (Å²) in [6.07, 6.45) is 5.34. The van der Waals surface area contributed by atoms with Gasteiger partial charge in [-0.05, 0) is 49.2 Å². The number of unbranched alkanes of at least 4 members (excludes halogenated alkanes) is 1. The minimum atomic E-state index is 0.634. The second-order valence-electron chi connectivity index (χ2n) is 4.26.